The zero-order chi connectivity index (χ0) is 11.4. The van der Waals surface area contributed by atoms with E-state index in [0.717, 1.165) is 5.56 Å². The van der Waals surface area contributed by atoms with Crippen LogP contribution in [0, 0.1) is 0 Å². The van der Waals surface area contributed by atoms with Gasteiger partial charge in [-0.3, -0.25) is 4.79 Å². The molecule has 15 heavy (non-hydrogen) atoms. The van der Waals surface area contributed by atoms with Crippen LogP contribution in [0.15, 0.2) is 18.2 Å². The summed E-state index contributed by atoms with van der Waals surface area (Å²) in [6, 6.07) is 5.11. The van der Waals surface area contributed by atoms with Crippen molar-refractivity contribution in [2.45, 2.75) is 13.0 Å². The first-order valence-electron chi connectivity index (χ1n) is 4.49. The predicted molar refractivity (Wildman–Crippen MR) is 62.1 cm³/mol. The summed E-state index contributed by atoms with van der Waals surface area (Å²) in [7, 11) is 0. The van der Waals surface area contributed by atoms with Gasteiger partial charge in [-0.1, -0.05) is 29.3 Å². The molecule has 0 radical (unpaired) electrons. The third-order valence-electron chi connectivity index (χ3n) is 2.01. The minimum absolute atomic E-state index is 0.0222. The topological polar surface area (TPSA) is 55.1 Å². The van der Waals surface area contributed by atoms with Crippen LogP contribution < -0.4 is 11.1 Å². The molecule has 0 saturated carbocycles. The van der Waals surface area contributed by atoms with Crippen molar-refractivity contribution in [1.82, 2.24) is 5.32 Å². The number of rotatable bonds is 3. The lowest BCUT2D eigenvalue weighted by atomic mass is 10.1. The monoisotopic (exact) mass is 246 g/mol. The molecule has 1 aromatic carbocycles. The summed E-state index contributed by atoms with van der Waals surface area (Å²) in [6.07, 6.45) is 0. The highest BCUT2D eigenvalue weighted by atomic mass is 35.5. The molecule has 5 heteroatoms. The van der Waals surface area contributed by atoms with Crippen LogP contribution in [0.1, 0.15) is 18.5 Å². The standard InChI is InChI=1S/C10H12Cl2N2O/c1-6(14-10(15)5-13)7-2-3-8(11)9(12)4-7/h2-4,6H,5,13H2,1H3,(H,14,15). The van der Waals surface area contributed by atoms with Crippen LogP contribution >= 0.6 is 23.2 Å². The fourth-order valence-corrected chi connectivity index (χ4v) is 1.47. The molecule has 0 fully saturated rings. The van der Waals surface area contributed by atoms with E-state index < -0.39 is 0 Å². The highest BCUT2D eigenvalue weighted by Crippen LogP contribution is 2.25. The van der Waals surface area contributed by atoms with E-state index in [9.17, 15) is 4.79 Å². The second-order valence-electron chi connectivity index (χ2n) is 3.17. The third-order valence-corrected chi connectivity index (χ3v) is 2.75. The molecule has 0 saturated heterocycles. The molecule has 0 heterocycles. The van der Waals surface area contributed by atoms with Gasteiger partial charge in [0.2, 0.25) is 5.91 Å². The average Bonchev–Trinajstić information content (AvgIpc) is 2.21. The zero-order valence-electron chi connectivity index (χ0n) is 8.26. The van der Waals surface area contributed by atoms with Gasteiger partial charge < -0.3 is 11.1 Å². The van der Waals surface area contributed by atoms with Crippen molar-refractivity contribution >= 4 is 29.1 Å². The molecule has 82 valence electrons. The van der Waals surface area contributed by atoms with Crippen LogP contribution in [0.3, 0.4) is 0 Å². The summed E-state index contributed by atoms with van der Waals surface area (Å²) >= 11 is 11.6. The Morgan fingerprint density at radius 2 is 2.13 bits per heavy atom. The number of amides is 1. The van der Waals surface area contributed by atoms with Crippen molar-refractivity contribution in [3.8, 4) is 0 Å². The summed E-state index contributed by atoms with van der Waals surface area (Å²) in [6.45, 7) is 1.83. The van der Waals surface area contributed by atoms with Crippen molar-refractivity contribution < 1.29 is 4.79 Å². The second-order valence-corrected chi connectivity index (χ2v) is 3.98. The highest BCUT2D eigenvalue weighted by molar-refractivity contribution is 6.42. The maximum atomic E-state index is 11.1. The van der Waals surface area contributed by atoms with Crippen molar-refractivity contribution in [2.24, 2.45) is 5.73 Å². The molecule has 1 unspecified atom stereocenters. The fourth-order valence-electron chi connectivity index (χ4n) is 1.17. The van der Waals surface area contributed by atoms with Crippen LogP contribution in [0.5, 0.6) is 0 Å². The van der Waals surface area contributed by atoms with Gasteiger partial charge in [0.05, 0.1) is 22.6 Å². The van der Waals surface area contributed by atoms with Gasteiger partial charge in [-0.2, -0.15) is 0 Å². The first-order chi connectivity index (χ1) is 7.04. The largest absolute Gasteiger partial charge is 0.348 e. The molecular weight excluding hydrogens is 235 g/mol. The molecule has 0 aliphatic heterocycles. The zero-order valence-corrected chi connectivity index (χ0v) is 9.77. The molecule has 3 N–H and O–H groups in total. The fraction of sp³-hybridized carbons (Fsp3) is 0.300. The van der Waals surface area contributed by atoms with Crippen molar-refractivity contribution in [3.63, 3.8) is 0 Å². The summed E-state index contributed by atoms with van der Waals surface area (Å²) < 4.78 is 0. The average molecular weight is 247 g/mol. The van der Waals surface area contributed by atoms with E-state index in [2.05, 4.69) is 5.32 Å². The molecule has 0 aliphatic rings. The van der Waals surface area contributed by atoms with Gasteiger partial charge in [-0.25, -0.2) is 0 Å². The van der Waals surface area contributed by atoms with Gasteiger partial charge in [0, 0.05) is 0 Å². The van der Waals surface area contributed by atoms with Gasteiger partial charge in [0.25, 0.3) is 0 Å². The van der Waals surface area contributed by atoms with Gasteiger partial charge in [-0.15, -0.1) is 0 Å². The molecule has 0 bridgehead atoms. The number of nitrogens with two attached hydrogens (primary N) is 1. The number of nitrogens with one attached hydrogen (secondary N) is 1. The Balaban J connectivity index is 2.78. The maximum Gasteiger partial charge on any atom is 0.234 e. The lowest BCUT2D eigenvalue weighted by molar-refractivity contribution is -0.120. The third kappa shape index (κ3) is 3.38. The van der Waals surface area contributed by atoms with Crippen LogP contribution in [0.25, 0.3) is 0 Å². The molecule has 1 rings (SSSR count). The maximum absolute atomic E-state index is 11.1. The van der Waals surface area contributed by atoms with Crippen molar-refractivity contribution in [3.05, 3.63) is 33.8 Å². The van der Waals surface area contributed by atoms with Crippen LogP contribution in [0.4, 0.5) is 0 Å². The first kappa shape index (κ1) is 12.3. The van der Waals surface area contributed by atoms with Crippen molar-refractivity contribution in [2.75, 3.05) is 6.54 Å². The summed E-state index contributed by atoms with van der Waals surface area (Å²) in [4.78, 5) is 11.1. The Labute approximate surface area is 98.5 Å². The van der Waals surface area contributed by atoms with E-state index in [1.54, 1.807) is 12.1 Å². The van der Waals surface area contributed by atoms with Crippen LogP contribution in [-0.2, 0) is 4.79 Å². The Morgan fingerprint density at radius 3 is 2.67 bits per heavy atom. The second kappa shape index (κ2) is 5.35. The molecule has 3 nitrogen and oxygen atoms in total. The van der Waals surface area contributed by atoms with Gasteiger partial charge in [0.15, 0.2) is 0 Å². The molecule has 0 aromatic heterocycles. The highest BCUT2D eigenvalue weighted by Gasteiger charge is 2.09. The Morgan fingerprint density at radius 1 is 1.47 bits per heavy atom. The molecule has 0 spiro atoms. The van der Waals surface area contributed by atoms with E-state index in [1.165, 1.54) is 0 Å². The van der Waals surface area contributed by atoms with Crippen LogP contribution in [0.2, 0.25) is 10.0 Å². The Hall–Kier alpha value is -0.770. The van der Waals surface area contributed by atoms with E-state index in [0.29, 0.717) is 10.0 Å². The van der Waals surface area contributed by atoms with E-state index in [-0.39, 0.29) is 18.5 Å². The molecule has 0 aliphatic carbocycles. The van der Waals surface area contributed by atoms with Crippen LogP contribution in [-0.4, -0.2) is 12.5 Å². The van der Waals surface area contributed by atoms with E-state index in [4.69, 9.17) is 28.9 Å². The van der Waals surface area contributed by atoms with Gasteiger partial charge >= 0.3 is 0 Å². The minimum Gasteiger partial charge on any atom is -0.348 e. The molecule has 1 aromatic rings. The summed E-state index contributed by atoms with van der Waals surface area (Å²) in [5, 5.41) is 3.70. The quantitative estimate of drug-likeness (QED) is 0.859. The Kier molecular flexibility index (Phi) is 4.39. The van der Waals surface area contributed by atoms with E-state index >= 15 is 0 Å². The predicted octanol–water partition coefficient (Wildman–Crippen LogP) is 2.13. The number of carbonyl (C=O) groups is 1. The van der Waals surface area contributed by atoms with Crippen molar-refractivity contribution in [1.29, 1.82) is 0 Å². The smallest absolute Gasteiger partial charge is 0.234 e. The van der Waals surface area contributed by atoms with E-state index in [1.807, 2.05) is 13.0 Å². The normalized spacial score (nSPS) is 12.3. The number of halogens is 2. The number of hydrogen-bond acceptors (Lipinski definition) is 2. The SMILES string of the molecule is CC(NC(=O)CN)c1ccc(Cl)c(Cl)c1. The molecule has 1 atom stereocenters. The lowest BCUT2D eigenvalue weighted by Gasteiger charge is -2.14. The van der Waals surface area contributed by atoms with Gasteiger partial charge in [0.1, 0.15) is 0 Å². The van der Waals surface area contributed by atoms with Gasteiger partial charge in [-0.05, 0) is 24.6 Å². The Bertz CT molecular complexity index is 368. The summed E-state index contributed by atoms with van der Waals surface area (Å²) in [5.74, 6) is -0.200. The number of benzene rings is 1. The summed E-state index contributed by atoms with van der Waals surface area (Å²) in [5.41, 5.74) is 6.09. The first-order valence-corrected chi connectivity index (χ1v) is 5.24. The lowest BCUT2D eigenvalue weighted by Crippen LogP contribution is -2.32. The molecule has 1 amide bonds. The number of hydrogen-bond donors (Lipinski definition) is 2. The minimum atomic E-state index is -0.200. The number of carbonyl (C=O) groups excluding carboxylic acids is 1. The molecular formula is C10H12Cl2N2O.